The van der Waals surface area contributed by atoms with E-state index in [1.165, 1.54) is 0 Å². The van der Waals surface area contributed by atoms with Crippen molar-refractivity contribution in [3.05, 3.63) is 53.7 Å². The van der Waals surface area contributed by atoms with Crippen molar-refractivity contribution in [3.8, 4) is 11.3 Å². The predicted molar refractivity (Wildman–Crippen MR) is 79.9 cm³/mol. The maximum atomic E-state index is 11.8. The zero-order chi connectivity index (χ0) is 14.4. The Bertz CT molecular complexity index is 583. The fraction of sp³-hybridized carbons (Fsp3) is 0.250. The summed E-state index contributed by atoms with van der Waals surface area (Å²) in [5.41, 5.74) is 3.91. The molecule has 0 aliphatic rings. The SMILES string of the molecule is CCC=C(C)C(=O)NCc1ccc(-c2ccn[nH]2)cc1. The summed E-state index contributed by atoms with van der Waals surface area (Å²) in [4.78, 5) is 11.8. The van der Waals surface area contributed by atoms with Crippen LogP contribution >= 0.6 is 0 Å². The number of amides is 1. The van der Waals surface area contributed by atoms with Crippen LogP contribution < -0.4 is 5.32 Å². The van der Waals surface area contributed by atoms with Gasteiger partial charge in [-0.05, 0) is 30.5 Å². The van der Waals surface area contributed by atoms with Crippen LogP contribution in [0.3, 0.4) is 0 Å². The average Bonchev–Trinajstić information content (AvgIpc) is 2.99. The number of rotatable bonds is 5. The summed E-state index contributed by atoms with van der Waals surface area (Å²) in [5, 5.41) is 9.76. The first-order valence-electron chi connectivity index (χ1n) is 6.74. The van der Waals surface area contributed by atoms with Gasteiger partial charge in [0.05, 0.1) is 5.69 Å². The number of aromatic nitrogens is 2. The number of hydrogen-bond donors (Lipinski definition) is 2. The van der Waals surface area contributed by atoms with Crippen LogP contribution in [0, 0.1) is 0 Å². The summed E-state index contributed by atoms with van der Waals surface area (Å²) in [7, 11) is 0. The van der Waals surface area contributed by atoms with Crippen LogP contribution in [0.2, 0.25) is 0 Å². The normalized spacial score (nSPS) is 11.4. The first-order chi connectivity index (χ1) is 9.70. The summed E-state index contributed by atoms with van der Waals surface area (Å²) in [6.07, 6.45) is 4.53. The number of carbonyl (C=O) groups is 1. The van der Waals surface area contributed by atoms with Crippen LogP contribution in [0.15, 0.2) is 48.2 Å². The molecule has 0 saturated heterocycles. The molecule has 0 bridgehead atoms. The lowest BCUT2D eigenvalue weighted by Crippen LogP contribution is -2.23. The lowest BCUT2D eigenvalue weighted by atomic mass is 10.1. The number of nitrogens with one attached hydrogen (secondary N) is 2. The molecule has 104 valence electrons. The van der Waals surface area contributed by atoms with E-state index >= 15 is 0 Å². The van der Waals surface area contributed by atoms with Crippen LogP contribution in [0.5, 0.6) is 0 Å². The molecular weight excluding hydrogens is 250 g/mol. The van der Waals surface area contributed by atoms with Gasteiger partial charge in [0.1, 0.15) is 0 Å². The van der Waals surface area contributed by atoms with E-state index in [9.17, 15) is 4.79 Å². The van der Waals surface area contributed by atoms with Gasteiger partial charge in [-0.1, -0.05) is 37.3 Å². The molecule has 2 aromatic rings. The van der Waals surface area contributed by atoms with Gasteiger partial charge in [0.2, 0.25) is 5.91 Å². The summed E-state index contributed by atoms with van der Waals surface area (Å²) in [6.45, 7) is 4.39. The summed E-state index contributed by atoms with van der Waals surface area (Å²) in [5.74, 6) is -0.00973. The molecule has 1 heterocycles. The van der Waals surface area contributed by atoms with Crippen molar-refractivity contribution in [2.75, 3.05) is 0 Å². The molecule has 0 aliphatic heterocycles. The van der Waals surface area contributed by atoms with Gasteiger partial charge in [-0.2, -0.15) is 5.10 Å². The number of allylic oxidation sites excluding steroid dienone is 1. The van der Waals surface area contributed by atoms with Crippen molar-refractivity contribution in [1.82, 2.24) is 15.5 Å². The van der Waals surface area contributed by atoms with Crippen molar-refractivity contribution in [3.63, 3.8) is 0 Å². The minimum atomic E-state index is -0.00973. The number of carbonyl (C=O) groups excluding carboxylic acids is 1. The molecule has 1 aromatic carbocycles. The molecule has 2 N–H and O–H groups in total. The molecule has 20 heavy (non-hydrogen) atoms. The molecule has 0 aliphatic carbocycles. The Morgan fingerprint density at radius 1 is 1.30 bits per heavy atom. The van der Waals surface area contributed by atoms with Crippen LogP contribution in [0.4, 0.5) is 0 Å². The van der Waals surface area contributed by atoms with Gasteiger partial charge in [0.15, 0.2) is 0 Å². The largest absolute Gasteiger partial charge is 0.348 e. The lowest BCUT2D eigenvalue weighted by Gasteiger charge is -2.06. The van der Waals surface area contributed by atoms with E-state index in [2.05, 4.69) is 15.5 Å². The van der Waals surface area contributed by atoms with Crippen LogP contribution in [0.1, 0.15) is 25.8 Å². The molecule has 2 rings (SSSR count). The Labute approximate surface area is 118 Å². The van der Waals surface area contributed by atoms with E-state index in [4.69, 9.17) is 0 Å². The van der Waals surface area contributed by atoms with Gasteiger partial charge in [0.25, 0.3) is 0 Å². The molecule has 0 spiro atoms. The highest BCUT2D eigenvalue weighted by molar-refractivity contribution is 5.92. The predicted octanol–water partition coefficient (Wildman–Crippen LogP) is 3.05. The fourth-order valence-corrected chi connectivity index (χ4v) is 1.94. The first kappa shape index (κ1) is 14.1. The molecule has 0 fully saturated rings. The van der Waals surface area contributed by atoms with Gasteiger partial charge in [-0.3, -0.25) is 9.89 Å². The zero-order valence-corrected chi connectivity index (χ0v) is 11.8. The highest BCUT2D eigenvalue weighted by Gasteiger charge is 2.03. The molecule has 0 saturated carbocycles. The van der Waals surface area contributed by atoms with Crippen molar-refractivity contribution in [2.24, 2.45) is 0 Å². The molecule has 1 aromatic heterocycles. The Morgan fingerprint density at radius 3 is 2.65 bits per heavy atom. The minimum absolute atomic E-state index is 0.00973. The fourth-order valence-electron chi connectivity index (χ4n) is 1.94. The number of benzene rings is 1. The van der Waals surface area contributed by atoms with Crippen LogP contribution in [-0.2, 0) is 11.3 Å². The third-order valence-electron chi connectivity index (χ3n) is 3.09. The molecule has 0 radical (unpaired) electrons. The number of aromatic amines is 1. The molecule has 4 nitrogen and oxygen atoms in total. The molecule has 1 amide bonds. The molecule has 0 unspecified atom stereocenters. The van der Waals surface area contributed by atoms with Gasteiger partial charge >= 0.3 is 0 Å². The third-order valence-corrected chi connectivity index (χ3v) is 3.09. The summed E-state index contributed by atoms with van der Waals surface area (Å²) < 4.78 is 0. The van der Waals surface area contributed by atoms with E-state index in [-0.39, 0.29) is 5.91 Å². The van der Waals surface area contributed by atoms with Gasteiger partial charge in [-0.25, -0.2) is 0 Å². The minimum Gasteiger partial charge on any atom is -0.348 e. The van der Waals surface area contributed by atoms with Crippen molar-refractivity contribution >= 4 is 5.91 Å². The highest BCUT2D eigenvalue weighted by Crippen LogP contribution is 2.16. The van der Waals surface area contributed by atoms with E-state index in [1.54, 1.807) is 6.20 Å². The summed E-state index contributed by atoms with van der Waals surface area (Å²) >= 11 is 0. The Balaban J connectivity index is 1.95. The second kappa shape index (κ2) is 6.70. The van der Waals surface area contributed by atoms with E-state index in [1.807, 2.05) is 50.3 Å². The number of H-pyrrole nitrogens is 1. The maximum Gasteiger partial charge on any atom is 0.246 e. The first-order valence-corrected chi connectivity index (χ1v) is 6.74. The standard InChI is InChI=1S/C16H19N3O/c1-3-4-12(2)16(20)17-11-13-5-7-14(8-6-13)15-9-10-18-19-15/h4-10H,3,11H2,1-2H3,(H,17,20)(H,18,19). The topological polar surface area (TPSA) is 57.8 Å². The van der Waals surface area contributed by atoms with E-state index in [0.29, 0.717) is 6.54 Å². The van der Waals surface area contributed by atoms with Crippen LogP contribution in [0.25, 0.3) is 11.3 Å². The van der Waals surface area contributed by atoms with Gasteiger partial charge in [0, 0.05) is 18.3 Å². The van der Waals surface area contributed by atoms with E-state index < -0.39 is 0 Å². The third kappa shape index (κ3) is 3.57. The second-order valence-electron chi connectivity index (χ2n) is 4.65. The Kier molecular flexibility index (Phi) is 4.71. The van der Waals surface area contributed by atoms with Crippen molar-refractivity contribution in [2.45, 2.75) is 26.8 Å². The monoisotopic (exact) mass is 269 g/mol. The van der Waals surface area contributed by atoms with E-state index in [0.717, 1.165) is 28.8 Å². The molecular formula is C16H19N3O. The second-order valence-corrected chi connectivity index (χ2v) is 4.65. The highest BCUT2D eigenvalue weighted by atomic mass is 16.1. The maximum absolute atomic E-state index is 11.8. The summed E-state index contributed by atoms with van der Waals surface area (Å²) in [6, 6.07) is 9.98. The van der Waals surface area contributed by atoms with Gasteiger partial charge in [-0.15, -0.1) is 0 Å². The smallest absolute Gasteiger partial charge is 0.246 e. The van der Waals surface area contributed by atoms with Crippen molar-refractivity contribution < 1.29 is 4.79 Å². The Morgan fingerprint density at radius 2 is 2.05 bits per heavy atom. The average molecular weight is 269 g/mol. The number of nitrogens with zero attached hydrogens (tertiary/aromatic N) is 1. The number of hydrogen-bond acceptors (Lipinski definition) is 2. The molecule has 0 atom stereocenters. The molecule has 4 heteroatoms. The van der Waals surface area contributed by atoms with Crippen LogP contribution in [-0.4, -0.2) is 16.1 Å². The van der Waals surface area contributed by atoms with Crippen molar-refractivity contribution in [1.29, 1.82) is 0 Å². The zero-order valence-electron chi connectivity index (χ0n) is 11.8. The lowest BCUT2D eigenvalue weighted by molar-refractivity contribution is -0.117. The van der Waals surface area contributed by atoms with Gasteiger partial charge < -0.3 is 5.32 Å². The quantitative estimate of drug-likeness (QED) is 0.820. The Hall–Kier alpha value is -2.36.